The molecule has 0 radical (unpaired) electrons. The van der Waals surface area contributed by atoms with Crippen molar-refractivity contribution in [1.82, 2.24) is 14.8 Å². The lowest BCUT2D eigenvalue weighted by Crippen LogP contribution is -2.20. The molecule has 0 aliphatic heterocycles. The van der Waals surface area contributed by atoms with Crippen molar-refractivity contribution in [3.8, 4) is 11.6 Å². The van der Waals surface area contributed by atoms with Crippen LogP contribution in [0.25, 0.3) is 0 Å². The van der Waals surface area contributed by atoms with E-state index in [2.05, 4.69) is 15.4 Å². The number of nitrogens with one attached hydrogen (secondary N) is 1. The second-order valence-corrected chi connectivity index (χ2v) is 7.13. The zero-order valence-electron chi connectivity index (χ0n) is 15.8. The molecule has 6 heteroatoms. The van der Waals surface area contributed by atoms with Crippen LogP contribution in [0.15, 0.2) is 60.9 Å². The quantitative estimate of drug-likeness (QED) is 0.664. The van der Waals surface area contributed by atoms with Gasteiger partial charge >= 0.3 is 0 Å². The van der Waals surface area contributed by atoms with Crippen LogP contribution < -0.4 is 10.1 Å². The molecule has 1 N–H and O–H groups in total. The van der Waals surface area contributed by atoms with Crippen molar-refractivity contribution in [1.29, 1.82) is 0 Å². The summed E-state index contributed by atoms with van der Waals surface area (Å²) in [6.45, 7) is 0.836. The molecule has 0 bridgehead atoms. The largest absolute Gasteiger partial charge is 0.438 e. The molecule has 0 saturated heterocycles. The van der Waals surface area contributed by atoms with Crippen LogP contribution in [0.2, 0.25) is 0 Å². The maximum absolute atomic E-state index is 12.9. The molecule has 0 spiro atoms. The van der Waals surface area contributed by atoms with Crippen LogP contribution in [0.3, 0.4) is 0 Å². The Bertz CT molecular complexity index is 917. The Morgan fingerprint density at radius 1 is 1.04 bits per heavy atom. The van der Waals surface area contributed by atoms with Gasteiger partial charge in [-0.25, -0.2) is 9.67 Å². The molecule has 1 amide bonds. The highest BCUT2D eigenvalue weighted by molar-refractivity contribution is 6.05. The van der Waals surface area contributed by atoms with Crippen LogP contribution in [0.1, 0.15) is 42.5 Å². The number of carbonyl (C=O) groups is 1. The molecule has 1 aromatic carbocycles. The van der Waals surface area contributed by atoms with Gasteiger partial charge in [-0.05, 0) is 43.0 Å². The first-order valence-electron chi connectivity index (χ1n) is 9.80. The Morgan fingerprint density at radius 3 is 2.68 bits per heavy atom. The number of ether oxygens (including phenoxy) is 1. The summed E-state index contributed by atoms with van der Waals surface area (Å²) in [4.78, 5) is 17.1. The van der Waals surface area contributed by atoms with Crippen molar-refractivity contribution in [2.24, 2.45) is 5.92 Å². The molecular formula is C22H24N4O2. The molecule has 3 aromatic rings. The normalized spacial score (nSPS) is 14.6. The summed E-state index contributed by atoms with van der Waals surface area (Å²) < 4.78 is 7.70. The third-order valence-electron chi connectivity index (χ3n) is 5.09. The lowest BCUT2D eigenvalue weighted by atomic mass is 9.89. The molecular weight excluding hydrogens is 352 g/mol. The van der Waals surface area contributed by atoms with E-state index in [1.165, 1.54) is 32.1 Å². The fourth-order valence-electron chi connectivity index (χ4n) is 3.63. The minimum absolute atomic E-state index is 0.260. The molecule has 1 saturated carbocycles. The number of benzene rings is 1. The average Bonchev–Trinajstić information content (AvgIpc) is 3.16. The molecule has 1 fully saturated rings. The number of hydrogen-bond donors (Lipinski definition) is 1. The topological polar surface area (TPSA) is 69.0 Å². The number of amides is 1. The SMILES string of the molecule is O=C(Nc1ccnn1CC1CCCCC1)c1cccnc1Oc1ccccc1. The Kier molecular flexibility index (Phi) is 5.66. The van der Waals surface area contributed by atoms with E-state index in [-0.39, 0.29) is 11.8 Å². The number of carbonyl (C=O) groups excluding carboxylic acids is 1. The van der Waals surface area contributed by atoms with Gasteiger partial charge in [0, 0.05) is 18.8 Å². The van der Waals surface area contributed by atoms with Crippen LogP contribution in [-0.2, 0) is 6.54 Å². The smallest absolute Gasteiger partial charge is 0.262 e. The molecule has 1 aliphatic carbocycles. The highest BCUT2D eigenvalue weighted by Gasteiger charge is 2.19. The summed E-state index contributed by atoms with van der Waals surface area (Å²) in [5, 5.41) is 7.37. The van der Waals surface area contributed by atoms with E-state index in [1.54, 1.807) is 24.5 Å². The van der Waals surface area contributed by atoms with E-state index in [4.69, 9.17) is 4.74 Å². The third-order valence-corrected chi connectivity index (χ3v) is 5.09. The van der Waals surface area contributed by atoms with Crippen LogP contribution in [-0.4, -0.2) is 20.7 Å². The molecule has 0 unspecified atom stereocenters. The second kappa shape index (κ2) is 8.69. The van der Waals surface area contributed by atoms with E-state index in [0.717, 1.165) is 6.54 Å². The number of para-hydroxylation sites is 1. The fraction of sp³-hybridized carbons (Fsp3) is 0.318. The van der Waals surface area contributed by atoms with Crippen molar-refractivity contribution in [2.45, 2.75) is 38.6 Å². The maximum Gasteiger partial charge on any atom is 0.262 e. The van der Waals surface area contributed by atoms with Crippen LogP contribution in [0.5, 0.6) is 11.6 Å². The lowest BCUT2D eigenvalue weighted by Gasteiger charge is -2.22. The van der Waals surface area contributed by atoms with Gasteiger partial charge in [0.05, 0.1) is 6.20 Å². The van der Waals surface area contributed by atoms with Gasteiger partial charge in [-0.3, -0.25) is 4.79 Å². The highest BCUT2D eigenvalue weighted by atomic mass is 16.5. The molecule has 28 heavy (non-hydrogen) atoms. The van der Waals surface area contributed by atoms with E-state index in [9.17, 15) is 4.79 Å². The van der Waals surface area contributed by atoms with E-state index in [1.807, 2.05) is 41.1 Å². The predicted octanol–water partition coefficient (Wildman–Crippen LogP) is 4.90. The predicted molar refractivity (Wildman–Crippen MR) is 108 cm³/mol. The monoisotopic (exact) mass is 376 g/mol. The Balaban J connectivity index is 1.48. The van der Waals surface area contributed by atoms with Crippen LogP contribution in [0.4, 0.5) is 5.82 Å². The summed E-state index contributed by atoms with van der Waals surface area (Å²) in [5.41, 5.74) is 0.386. The van der Waals surface area contributed by atoms with Gasteiger partial charge in [0.1, 0.15) is 17.1 Å². The molecule has 0 atom stereocenters. The summed E-state index contributed by atoms with van der Waals surface area (Å²) >= 11 is 0. The second-order valence-electron chi connectivity index (χ2n) is 7.13. The number of anilines is 1. The first kappa shape index (κ1) is 18.2. The first-order valence-corrected chi connectivity index (χ1v) is 9.80. The number of hydrogen-bond acceptors (Lipinski definition) is 4. The summed E-state index contributed by atoms with van der Waals surface area (Å²) in [5.74, 6) is 1.98. The minimum atomic E-state index is -0.260. The summed E-state index contributed by atoms with van der Waals surface area (Å²) in [6, 6.07) is 14.6. The van der Waals surface area contributed by atoms with Crippen molar-refractivity contribution in [2.75, 3.05) is 5.32 Å². The van der Waals surface area contributed by atoms with E-state index in [0.29, 0.717) is 23.0 Å². The first-order chi connectivity index (χ1) is 13.8. The number of rotatable bonds is 6. The average molecular weight is 376 g/mol. The Morgan fingerprint density at radius 2 is 1.86 bits per heavy atom. The number of nitrogens with zero attached hydrogens (tertiary/aromatic N) is 3. The Hall–Kier alpha value is -3.15. The van der Waals surface area contributed by atoms with Gasteiger partial charge in [0.15, 0.2) is 0 Å². The van der Waals surface area contributed by atoms with Gasteiger partial charge in [-0.1, -0.05) is 37.5 Å². The van der Waals surface area contributed by atoms with E-state index >= 15 is 0 Å². The van der Waals surface area contributed by atoms with Crippen molar-refractivity contribution in [3.05, 3.63) is 66.5 Å². The highest BCUT2D eigenvalue weighted by Crippen LogP contribution is 2.27. The molecule has 2 heterocycles. The van der Waals surface area contributed by atoms with Gasteiger partial charge in [-0.15, -0.1) is 0 Å². The van der Waals surface area contributed by atoms with E-state index < -0.39 is 0 Å². The summed E-state index contributed by atoms with van der Waals surface area (Å²) in [6.07, 6.45) is 9.68. The van der Waals surface area contributed by atoms with Gasteiger partial charge in [0.2, 0.25) is 5.88 Å². The number of pyridine rings is 1. The number of aromatic nitrogens is 3. The van der Waals surface area contributed by atoms with Gasteiger partial charge in [0.25, 0.3) is 5.91 Å². The summed E-state index contributed by atoms with van der Waals surface area (Å²) in [7, 11) is 0. The molecule has 2 aromatic heterocycles. The van der Waals surface area contributed by atoms with Crippen LogP contribution in [0, 0.1) is 5.92 Å². The molecule has 6 nitrogen and oxygen atoms in total. The van der Waals surface area contributed by atoms with Gasteiger partial charge < -0.3 is 10.1 Å². The van der Waals surface area contributed by atoms with Crippen molar-refractivity contribution >= 4 is 11.7 Å². The fourth-order valence-corrected chi connectivity index (χ4v) is 3.63. The third kappa shape index (κ3) is 4.39. The molecule has 1 aliphatic rings. The lowest BCUT2D eigenvalue weighted by molar-refractivity contribution is 0.102. The van der Waals surface area contributed by atoms with Crippen LogP contribution >= 0.6 is 0 Å². The molecule has 144 valence electrons. The van der Waals surface area contributed by atoms with Crippen molar-refractivity contribution < 1.29 is 9.53 Å². The standard InChI is InChI=1S/C22H24N4O2/c27-21(19-12-7-14-23-22(19)28-18-10-5-2-6-11-18)25-20-13-15-24-26(20)16-17-8-3-1-4-9-17/h2,5-7,10-15,17H,1,3-4,8-9,16H2,(H,25,27). The van der Waals surface area contributed by atoms with Crippen molar-refractivity contribution in [3.63, 3.8) is 0 Å². The zero-order valence-corrected chi connectivity index (χ0v) is 15.8. The maximum atomic E-state index is 12.9. The van der Waals surface area contributed by atoms with Gasteiger partial charge in [-0.2, -0.15) is 5.10 Å². The molecule has 4 rings (SSSR count). The Labute approximate surface area is 164 Å². The minimum Gasteiger partial charge on any atom is -0.438 e. The zero-order chi connectivity index (χ0) is 19.2.